The topological polar surface area (TPSA) is 21.3 Å². The smallest absolute Gasteiger partial charge is 0.141 e. The number of hydrogen-bond acceptors (Lipinski definition) is 2. The first-order chi connectivity index (χ1) is 9.28. The standard InChI is InChI=1S/C16H16FNO/c1-19-16-5-3-2-4-15(16)18-14-9-6-11-10-12(17)7-8-13(11)14/h2-5,7-8,10,14,18H,6,9H2,1H3. The Morgan fingerprint density at radius 2 is 2.05 bits per heavy atom. The fourth-order valence-electron chi connectivity index (χ4n) is 2.69. The summed E-state index contributed by atoms with van der Waals surface area (Å²) in [7, 11) is 1.67. The Balaban J connectivity index is 1.87. The largest absolute Gasteiger partial charge is 0.495 e. The highest BCUT2D eigenvalue weighted by atomic mass is 19.1. The molecule has 0 fully saturated rings. The van der Waals surface area contributed by atoms with E-state index >= 15 is 0 Å². The van der Waals surface area contributed by atoms with Crippen LogP contribution in [0.2, 0.25) is 0 Å². The number of para-hydroxylation sites is 2. The van der Waals surface area contributed by atoms with Crippen LogP contribution in [-0.2, 0) is 6.42 Å². The van der Waals surface area contributed by atoms with Crippen molar-refractivity contribution in [3.05, 3.63) is 59.4 Å². The Hall–Kier alpha value is -2.03. The maximum absolute atomic E-state index is 13.2. The van der Waals surface area contributed by atoms with Crippen molar-refractivity contribution in [3.8, 4) is 5.75 Å². The van der Waals surface area contributed by atoms with Gasteiger partial charge in [-0.15, -0.1) is 0 Å². The SMILES string of the molecule is COc1ccccc1NC1CCc2cc(F)ccc21. The van der Waals surface area contributed by atoms with Crippen molar-refractivity contribution >= 4 is 5.69 Å². The number of fused-ring (bicyclic) bond motifs is 1. The van der Waals surface area contributed by atoms with Gasteiger partial charge in [-0.1, -0.05) is 18.2 Å². The predicted molar refractivity (Wildman–Crippen MR) is 74.1 cm³/mol. The number of nitrogens with one attached hydrogen (secondary N) is 1. The van der Waals surface area contributed by atoms with Crippen LogP contribution < -0.4 is 10.1 Å². The zero-order valence-corrected chi connectivity index (χ0v) is 10.8. The quantitative estimate of drug-likeness (QED) is 0.899. The third-order valence-electron chi connectivity index (χ3n) is 3.62. The van der Waals surface area contributed by atoms with Crippen LogP contribution in [0.5, 0.6) is 5.75 Å². The third kappa shape index (κ3) is 2.28. The molecule has 0 heterocycles. The first-order valence-corrected chi connectivity index (χ1v) is 6.46. The summed E-state index contributed by atoms with van der Waals surface area (Å²) in [5, 5.41) is 3.49. The van der Waals surface area contributed by atoms with Gasteiger partial charge in [0.15, 0.2) is 0 Å². The van der Waals surface area contributed by atoms with Crippen LogP contribution >= 0.6 is 0 Å². The van der Waals surface area contributed by atoms with Crippen molar-refractivity contribution < 1.29 is 9.13 Å². The summed E-state index contributed by atoms with van der Waals surface area (Å²) in [6.07, 6.45) is 1.90. The zero-order chi connectivity index (χ0) is 13.2. The fraction of sp³-hybridized carbons (Fsp3) is 0.250. The Kier molecular flexibility index (Phi) is 3.11. The summed E-state index contributed by atoms with van der Waals surface area (Å²) < 4.78 is 18.5. The summed E-state index contributed by atoms with van der Waals surface area (Å²) in [6.45, 7) is 0. The van der Waals surface area contributed by atoms with Crippen molar-refractivity contribution in [3.63, 3.8) is 0 Å². The minimum atomic E-state index is -0.156. The molecule has 1 aliphatic carbocycles. The molecule has 2 aromatic rings. The molecule has 2 aromatic carbocycles. The maximum atomic E-state index is 13.2. The third-order valence-corrected chi connectivity index (χ3v) is 3.62. The van der Waals surface area contributed by atoms with Gasteiger partial charge in [-0.3, -0.25) is 0 Å². The molecule has 19 heavy (non-hydrogen) atoms. The second kappa shape index (κ2) is 4.92. The van der Waals surface area contributed by atoms with Crippen molar-refractivity contribution in [1.29, 1.82) is 0 Å². The van der Waals surface area contributed by atoms with Gasteiger partial charge in [-0.2, -0.15) is 0 Å². The molecule has 1 unspecified atom stereocenters. The van der Waals surface area contributed by atoms with Crippen LogP contribution in [0.25, 0.3) is 0 Å². The number of benzene rings is 2. The molecular formula is C16H16FNO. The number of aryl methyl sites for hydroxylation is 1. The molecule has 1 aliphatic rings. The van der Waals surface area contributed by atoms with Gasteiger partial charge in [0, 0.05) is 0 Å². The van der Waals surface area contributed by atoms with Crippen molar-refractivity contribution in [1.82, 2.24) is 0 Å². The van der Waals surface area contributed by atoms with Gasteiger partial charge in [0.2, 0.25) is 0 Å². The molecule has 0 aromatic heterocycles. The number of halogens is 1. The number of anilines is 1. The van der Waals surface area contributed by atoms with Gasteiger partial charge in [0.25, 0.3) is 0 Å². The Morgan fingerprint density at radius 3 is 2.89 bits per heavy atom. The zero-order valence-electron chi connectivity index (χ0n) is 10.8. The van der Waals surface area contributed by atoms with Crippen molar-refractivity contribution in [2.75, 3.05) is 12.4 Å². The molecule has 0 amide bonds. The van der Waals surface area contributed by atoms with Gasteiger partial charge in [-0.05, 0) is 48.2 Å². The second-order valence-electron chi connectivity index (χ2n) is 4.78. The lowest BCUT2D eigenvalue weighted by atomic mass is 10.1. The van der Waals surface area contributed by atoms with Crippen molar-refractivity contribution in [2.45, 2.75) is 18.9 Å². The van der Waals surface area contributed by atoms with Gasteiger partial charge < -0.3 is 10.1 Å². The van der Waals surface area contributed by atoms with Crippen LogP contribution in [0.4, 0.5) is 10.1 Å². The lowest BCUT2D eigenvalue weighted by Gasteiger charge is -2.17. The monoisotopic (exact) mass is 257 g/mol. The lowest BCUT2D eigenvalue weighted by Crippen LogP contribution is -2.08. The Morgan fingerprint density at radius 1 is 1.21 bits per heavy atom. The van der Waals surface area contributed by atoms with Crippen LogP contribution in [-0.4, -0.2) is 7.11 Å². The number of rotatable bonds is 3. The Labute approximate surface area is 112 Å². The molecule has 3 rings (SSSR count). The highest BCUT2D eigenvalue weighted by Crippen LogP contribution is 2.36. The molecule has 0 radical (unpaired) electrons. The van der Waals surface area contributed by atoms with Crippen LogP contribution in [0.3, 0.4) is 0 Å². The molecule has 2 nitrogen and oxygen atoms in total. The predicted octanol–water partition coefficient (Wildman–Crippen LogP) is 3.93. The summed E-state index contributed by atoms with van der Waals surface area (Å²) in [5.74, 6) is 0.676. The normalized spacial score (nSPS) is 17.1. The van der Waals surface area contributed by atoms with E-state index in [0.29, 0.717) is 0 Å². The van der Waals surface area contributed by atoms with Crippen LogP contribution in [0.15, 0.2) is 42.5 Å². The lowest BCUT2D eigenvalue weighted by molar-refractivity contribution is 0.416. The fourth-order valence-corrected chi connectivity index (χ4v) is 2.69. The molecule has 0 aliphatic heterocycles. The number of ether oxygens (including phenoxy) is 1. The summed E-state index contributed by atoms with van der Waals surface area (Å²) in [4.78, 5) is 0. The maximum Gasteiger partial charge on any atom is 0.141 e. The van der Waals surface area contributed by atoms with Gasteiger partial charge in [0.1, 0.15) is 11.6 Å². The van der Waals surface area contributed by atoms with Crippen LogP contribution in [0, 0.1) is 5.82 Å². The van der Waals surface area contributed by atoms with E-state index in [1.165, 1.54) is 11.6 Å². The van der Waals surface area contributed by atoms with E-state index in [-0.39, 0.29) is 11.9 Å². The average Bonchev–Trinajstić information content (AvgIpc) is 2.82. The van der Waals surface area contributed by atoms with E-state index in [1.54, 1.807) is 13.2 Å². The molecular weight excluding hydrogens is 241 g/mol. The Bertz CT molecular complexity index is 597. The molecule has 0 spiro atoms. The van der Waals surface area contributed by atoms with E-state index in [0.717, 1.165) is 29.8 Å². The minimum absolute atomic E-state index is 0.156. The number of hydrogen-bond donors (Lipinski definition) is 1. The van der Waals surface area contributed by atoms with E-state index in [1.807, 2.05) is 30.3 Å². The van der Waals surface area contributed by atoms with E-state index < -0.39 is 0 Å². The molecule has 0 bridgehead atoms. The molecule has 1 atom stereocenters. The average molecular weight is 257 g/mol. The van der Waals surface area contributed by atoms with E-state index in [4.69, 9.17) is 4.74 Å². The van der Waals surface area contributed by atoms with Gasteiger partial charge in [-0.25, -0.2) is 4.39 Å². The molecule has 0 saturated heterocycles. The molecule has 3 heteroatoms. The van der Waals surface area contributed by atoms with E-state index in [2.05, 4.69) is 5.32 Å². The van der Waals surface area contributed by atoms with Gasteiger partial charge in [0.05, 0.1) is 18.8 Å². The molecule has 98 valence electrons. The minimum Gasteiger partial charge on any atom is -0.495 e. The van der Waals surface area contributed by atoms with Crippen LogP contribution in [0.1, 0.15) is 23.6 Å². The van der Waals surface area contributed by atoms with E-state index in [9.17, 15) is 4.39 Å². The molecule has 1 N–H and O–H groups in total. The highest BCUT2D eigenvalue weighted by Gasteiger charge is 2.23. The number of methoxy groups -OCH3 is 1. The summed E-state index contributed by atoms with van der Waals surface area (Å²) in [5.41, 5.74) is 3.27. The first-order valence-electron chi connectivity index (χ1n) is 6.46. The van der Waals surface area contributed by atoms with Gasteiger partial charge >= 0.3 is 0 Å². The second-order valence-corrected chi connectivity index (χ2v) is 4.78. The van der Waals surface area contributed by atoms with Crippen molar-refractivity contribution in [2.24, 2.45) is 0 Å². The first kappa shape index (κ1) is 12.0. The highest BCUT2D eigenvalue weighted by molar-refractivity contribution is 5.58. The summed E-state index contributed by atoms with van der Waals surface area (Å²) >= 11 is 0. The summed E-state index contributed by atoms with van der Waals surface area (Å²) in [6, 6.07) is 13.1. The molecule has 0 saturated carbocycles.